The molecule has 94 valence electrons. The van der Waals surface area contributed by atoms with E-state index < -0.39 is 0 Å². The summed E-state index contributed by atoms with van der Waals surface area (Å²) in [5.74, 6) is 5.55. The molecule has 1 aliphatic heterocycles. The van der Waals surface area contributed by atoms with Crippen LogP contribution in [0, 0.1) is 0 Å². The highest BCUT2D eigenvalue weighted by molar-refractivity contribution is 5.94. The third-order valence-electron chi connectivity index (χ3n) is 3.19. The highest BCUT2D eigenvalue weighted by Gasteiger charge is 2.17. The predicted molar refractivity (Wildman–Crippen MR) is 64.1 cm³/mol. The summed E-state index contributed by atoms with van der Waals surface area (Å²) in [7, 11) is 0. The van der Waals surface area contributed by atoms with Gasteiger partial charge in [0.2, 0.25) is 0 Å². The second-order valence-electron chi connectivity index (χ2n) is 4.42. The van der Waals surface area contributed by atoms with Crippen LogP contribution in [0.3, 0.4) is 0 Å². The van der Waals surface area contributed by atoms with Crippen molar-refractivity contribution in [3.05, 3.63) is 23.7 Å². The van der Waals surface area contributed by atoms with Crippen LogP contribution in [0.25, 0.3) is 0 Å². The normalized spacial score (nSPS) is 17.7. The topological polar surface area (TPSA) is 71.5 Å². The summed E-state index contributed by atoms with van der Waals surface area (Å²) in [6.07, 6.45) is 6.57. The first kappa shape index (κ1) is 12.1. The maximum atomic E-state index is 11.5. The van der Waals surface area contributed by atoms with Crippen molar-refractivity contribution in [3.8, 4) is 0 Å². The van der Waals surface area contributed by atoms with E-state index in [1.807, 2.05) is 0 Å². The summed E-state index contributed by atoms with van der Waals surface area (Å²) in [5.41, 5.74) is 2.68. The van der Waals surface area contributed by atoms with E-state index in [9.17, 15) is 4.79 Å². The summed E-state index contributed by atoms with van der Waals surface area (Å²) >= 11 is 0. The lowest BCUT2D eigenvalue weighted by molar-refractivity contribution is 0.0950. The van der Waals surface area contributed by atoms with Gasteiger partial charge in [0, 0.05) is 0 Å². The number of rotatable bonds is 3. The number of likely N-dealkylation sites (tertiary alicyclic amines) is 1. The van der Waals surface area contributed by atoms with Crippen LogP contribution in [0.4, 0.5) is 0 Å². The quantitative estimate of drug-likeness (QED) is 0.471. The Morgan fingerprint density at radius 2 is 2.06 bits per heavy atom. The van der Waals surface area contributed by atoms with Crippen molar-refractivity contribution < 1.29 is 9.21 Å². The van der Waals surface area contributed by atoms with Gasteiger partial charge in [-0.1, -0.05) is 12.8 Å². The van der Waals surface area contributed by atoms with Crippen LogP contribution < -0.4 is 11.3 Å². The number of hydrazine groups is 1. The summed E-state index contributed by atoms with van der Waals surface area (Å²) in [5, 5.41) is 0. The van der Waals surface area contributed by atoms with Crippen LogP contribution in [0.5, 0.6) is 0 Å². The number of carbonyl (C=O) groups is 1. The van der Waals surface area contributed by atoms with E-state index in [1.54, 1.807) is 6.07 Å². The van der Waals surface area contributed by atoms with Gasteiger partial charge in [0.1, 0.15) is 5.76 Å². The predicted octanol–water partition coefficient (Wildman–Crippen LogP) is 1.26. The molecule has 0 aliphatic carbocycles. The zero-order valence-electron chi connectivity index (χ0n) is 9.95. The average Bonchev–Trinajstić information content (AvgIpc) is 2.64. The molecule has 1 amide bonds. The van der Waals surface area contributed by atoms with Crippen LogP contribution in [0.2, 0.25) is 0 Å². The monoisotopic (exact) mass is 237 g/mol. The minimum absolute atomic E-state index is 0.288. The highest BCUT2D eigenvalue weighted by atomic mass is 16.3. The Kier molecular flexibility index (Phi) is 4.17. The molecule has 0 saturated carbocycles. The lowest BCUT2D eigenvalue weighted by Gasteiger charge is -2.18. The number of hydrogen-bond acceptors (Lipinski definition) is 4. The molecule has 0 unspecified atom stereocenters. The van der Waals surface area contributed by atoms with Gasteiger partial charge in [0.25, 0.3) is 5.91 Å². The molecule has 5 nitrogen and oxygen atoms in total. The van der Waals surface area contributed by atoms with Crippen LogP contribution in [0.1, 0.15) is 41.8 Å². The van der Waals surface area contributed by atoms with E-state index in [0.717, 1.165) is 13.1 Å². The summed E-state index contributed by atoms with van der Waals surface area (Å²) in [4.78, 5) is 13.8. The molecular formula is C12H19N3O2. The van der Waals surface area contributed by atoms with Crippen molar-refractivity contribution in [2.75, 3.05) is 13.1 Å². The molecule has 2 heterocycles. The Bertz CT molecular complexity index is 368. The van der Waals surface area contributed by atoms with Gasteiger partial charge >= 0.3 is 0 Å². The van der Waals surface area contributed by atoms with Gasteiger partial charge < -0.3 is 4.42 Å². The smallest absolute Gasteiger partial charge is 0.268 e. The summed E-state index contributed by atoms with van der Waals surface area (Å²) in [6, 6.07) is 1.66. The van der Waals surface area contributed by atoms with E-state index >= 15 is 0 Å². The number of nitrogens with one attached hydrogen (secondary N) is 1. The molecule has 1 aliphatic rings. The molecule has 17 heavy (non-hydrogen) atoms. The molecule has 2 rings (SSSR count). The van der Waals surface area contributed by atoms with E-state index in [2.05, 4.69) is 10.3 Å². The number of nitrogen functional groups attached to an aromatic ring is 1. The fourth-order valence-corrected chi connectivity index (χ4v) is 2.24. The number of furan rings is 1. The molecule has 3 N–H and O–H groups in total. The minimum atomic E-state index is -0.288. The van der Waals surface area contributed by atoms with Gasteiger partial charge in [-0.3, -0.25) is 15.1 Å². The zero-order valence-corrected chi connectivity index (χ0v) is 9.95. The van der Waals surface area contributed by atoms with Crippen LogP contribution in [0.15, 0.2) is 16.7 Å². The Labute approximate surface area is 101 Å². The number of nitrogens with zero attached hydrogens (tertiary/aromatic N) is 1. The standard InChI is InChI=1S/C12H19N3O2/c13-14-12(16)10-5-8-17-11(10)9-15-6-3-1-2-4-7-15/h5,8H,1-4,6-7,9,13H2,(H,14,16). The average molecular weight is 237 g/mol. The van der Waals surface area contributed by atoms with Crippen molar-refractivity contribution in [2.45, 2.75) is 32.2 Å². The number of hydrogen-bond donors (Lipinski definition) is 2. The Balaban J connectivity index is 2.02. The van der Waals surface area contributed by atoms with Crippen molar-refractivity contribution in [1.29, 1.82) is 0 Å². The van der Waals surface area contributed by atoms with Crippen molar-refractivity contribution in [1.82, 2.24) is 10.3 Å². The van der Waals surface area contributed by atoms with E-state index in [1.165, 1.54) is 31.9 Å². The van der Waals surface area contributed by atoms with E-state index in [-0.39, 0.29) is 5.91 Å². The molecule has 5 heteroatoms. The van der Waals surface area contributed by atoms with Gasteiger partial charge in [-0.2, -0.15) is 0 Å². The summed E-state index contributed by atoms with van der Waals surface area (Å²) < 4.78 is 5.37. The number of carbonyl (C=O) groups excluding carboxylic acids is 1. The van der Waals surface area contributed by atoms with Crippen molar-refractivity contribution >= 4 is 5.91 Å². The Morgan fingerprint density at radius 3 is 2.71 bits per heavy atom. The van der Waals surface area contributed by atoms with E-state index in [0.29, 0.717) is 17.9 Å². The van der Waals surface area contributed by atoms with Crippen LogP contribution in [-0.4, -0.2) is 23.9 Å². The zero-order chi connectivity index (χ0) is 12.1. The molecular weight excluding hydrogens is 218 g/mol. The molecule has 0 aromatic carbocycles. The van der Waals surface area contributed by atoms with Gasteiger partial charge in [-0.25, -0.2) is 5.84 Å². The minimum Gasteiger partial charge on any atom is -0.467 e. The van der Waals surface area contributed by atoms with Gasteiger partial charge in [0.05, 0.1) is 18.4 Å². The maximum Gasteiger partial charge on any atom is 0.268 e. The third kappa shape index (κ3) is 3.08. The second kappa shape index (κ2) is 5.84. The molecule has 1 aromatic rings. The SMILES string of the molecule is NNC(=O)c1ccoc1CN1CCCCCC1. The fourth-order valence-electron chi connectivity index (χ4n) is 2.24. The van der Waals surface area contributed by atoms with Gasteiger partial charge in [-0.15, -0.1) is 0 Å². The molecule has 1 aromatic heterocycles. The Morgan fingerprint density at radius 1 is 1.35 bits per heavy atom. The summed E-state index contributed by atoms with van der Waals surface area (Å²) in [6.45, 7) is 2.84. The first-order valence-electron chi connectivity index (χ1n) is 6.11. The molecule has 0 bridgehead atoms. The largest absolute Gasteiger partial charge is 0.467 e. The molecule has 0 spiro atoms. The van der Waals surface area contributed by atoms with Crippen LogP contribution >= 0.6 is 0 Å². The first-order chi connectivity index (χ1) is 8.31. The fraction of sp³-hybridized carbons (Fsp3) is 0.583. The highest BCUT2D eigenvalue weighted by Crippen LogP contribution is 2.16. The van der Waals surface area contributed by atoms with E-state index in [4.69, 9.17) is 10.3 Å². The molecule has 1 fully saturated rings. The van der Waals surface area contributed by atoms with Crippen LogP contribution in [-0.2, 0) is 6.54 Å². The molecule has 0 atom stereocenters. The lowest BCUT2D eigenvalue weighted by Crippen LogP contribution is -2.31. The molecule has 1 saturated heterocycles. The van der Waals surface area contributed by atoms with Gasteiger partial charge in [0.15, 0.2) is 0 Å². The number of amides is 1. The lowest BCUT2D eigenvalue weighted by atomic mass is 10.2. The van der Waals surface area contributed by atoms with Crippen molar-refractivity contribution in [2.24, 2.45) is 5.84 Å². The molecule has 0 radical (unpaired) electrons. The third-order valence-corrected chi connectivity index (χ3v) is 3.19. The maximum absolute atomic E-state index is 11.5. The Hall–Kier alpha value is -1.33. The van der Waals surface area contributed by atoms with Gasteiger partial charge in [-0.05, 0) is 32.0 Å². The first-order valence-corrected chi connectivity index (χ1v) is 6.11. The second-order valence-corrected chi connectivity index (χ2v) is 4.42. The van der Waals surface area contributed by atoms with Crippen molar-refractivity contribution in [3.63, 3.8) is 0 Å². The number of nitrogens with two attached hydrogens (primary N) is 1.